The Hall–Kier alpha value is -2.14. The molecule has 2 rings (SSSR count). The lowest BCUT2D eigenvalue weighted by Crippen LogP contribution is -2.12. The van der Waals surface area contributed by atoms with Gasteiger partial charge in [0, 0.05) is 11.8 Å². The maximum Gasteiger partial charge on any atom is 0.255 e. The fraction of sp³-hybridized carbons (Fsp3) is 0.0769. The molecule has 19 heavy (non-hydrogen) atoms. The number of anilines is 1. The highest BCUT2D eigenvalue weighted by Gasteiger charge is 2.11. The number of hydrogen-bond donors (Lipinski definition) is 1. The van der Waals surface area contributed by atoms with Gasteiger partial charge in [0.2, 0.25) is 0 Å². The minimum absolute atomic E-state index is 0.00457. The topological polar surface area (TPSA) is 51.2 Å². The van der Waals surface area contributed by atoms with Crippen molar-refractivity contribution in [1.29, 1.82) is 0 Å². The van der Waals surface area contributed by atoms with Crippen LogP contribution in [0, 0.1) is 5.82 Å². The number of hydrogen-bond acceptors (Lipinski definition) is 3. The number of carbonyl (C=O) groups excluding carboxylic acids is 1. The Morgan fingerprint density at radius 2 is 2.21 bits per heavy atom. The Labute approximate surface area is 114 Å². The number of nitrogens with zero attached hydrogens (tertiary/aromatic N) is 1. The van der Waals surface area contributed by atoms with Crippen LogP contribution in [-0.2, 0) is 0 Å². The van der Waals surface area contributed by atoms with E-state index >= 15 is 0 Å². The Morgan fingerprint density at radius 3 is 2.89 bits per heavy atom. The number of aromatic nitrogens is 1. The van der Waals surface area contributed by atoms with Crippen LogP contribution in [0.1, 0.15) is 10.4 Å². The van der Waals surface area contributed by atoms with Crippen LogP contribution in [0.2, 0.25) is 5.15 Å². The number of pyridine rings is 1. The third kappa shape index (κ3) is 3.00. The molecule has 0 aliphatic heterocycles. The molecule has 0 aliphatic carbocycles. The molecule has 6 heteroatoms. The van der Waals surface area contributed by atoms with E-state index in [0.29, 0.717) is 5.69 Å². The first kappa shape index (κ1) is 13.3. The number of carbonyl (C=O) groups is 1. The van der Waals surface area contributed by atoms with Gasteiger partial charge in [0.25, 0.3) is 5.91 Å². The van der Waals surface area contributed by atoms with Gasteiger partial charge in [-0.3, -0.25) is 4.79 Å². The van der Waals surface area contributed by atoms with Gasteiger partial charge < -0.3 is 10.1 Å². The molecule has 4 nitrogen and oxygen atoms in total. The number of methoxy groups -OCH3 is 1. The molecule has 1 amide bonds. The van der Waals surface area contributed by atoms with Gasteiger partial charge >= 0.3 is 0 Å². The standard InChI is InChI=1S/C13H10ClFN2O2/c1-19-11-7-8(4-5-9(11)15)13(18)17-10-3-2-6-16-12(10)14/h2-7H,1H3,(H,17,18). The first-order chi connectivity index (χ1) is 9.11. The van der Waals surface area contributed by atoms with Crippen molar-refractivity contribution >= 4 is 23.2 Å². The molecule has 0 bridgehead atoms. The monoisotopic (exact) mass is 280 g/mol. The molecule has 1 aromatic heterocycles. The number of nitrogens with one attached hydrogen (secondary N) is 1. The first-order valence-corrected chi connectivity index (χ1v) is 5.75. The SMILES string of the molecule is COc1cc(C(=O)Nc2cccnc2Cl)ccc1F. The summed E-state index contributed by atoms with van der Waals surface area (Å²) in [7, 11) is 1.33. The van der Waals surface area contributed by atoms with Gasteiger partial charge in [0.15, 0.2) is 16.7 Å². The van der Waals surface area contributed by atoms with E-state index in [1.165, 1.54) is 31.5 Å². The molecule has 0 spiro atoms. The highest BCUT2D eigenvalue weighted by atomic mass is 35.5. The number of ether oxygens (including phenoxy) is 1. The number of halogens is 2. The van der Waals surface area contributed by atoms with E-state index in [0.717, 1.165) is 0 Å². The molecule has 1 aromatic carbocycles. The zero-order valence-electron chi connectivity index (χ0n) is 9.98. The van der Waals surface area contributed by atoms with Crippen LogP contribution >= 0.6 is 11.6 Å². The quantitative estimate of drug-likeness (QED) is 0.879. The summed E-state index contributed by atoms with van der Waals surface area (Å²) in [5, 5.41) is 2.77. The van der Waals surface area contributed by atoms with E-state index in [9.17, 15) is 9.18 Å². The number of benzene rings is 1. The number of rotatable bonds is 3. The second-order valence-corrected chi connectivity index (χ2v) is 4.00. The lowest BCUT2D eigenvalue weighted by Gasteiger charge is -2.08. The van der Waals surface area contributed by atoms with Crippen molar-refractivity contribution in [3.8, 4) is 5.75 Å². The van der Waals surface area contributed by atoms with E-state index in [-0.39, 0.29) is 16.5 Å². The largest absolute Gasteiger partial charge is 0.494 e. The van der Waals surface area contributed by atoms with Gasteiger partial charge in [-0.25, -0.2) is 9.37 Å². The molecular weight excluding hydrogens is 271 g/mol. The zero-order valence-corrected chi connectivity index (χ0v) is 10.7. The number of amides is 1. The van der Waals surface area contributed by atoms with Crippen molar-refractivity contribution in [1.82, 2.24) is 4.98 Å². The molecule has 0 atom stereocenters. The highest BCUT2D eigenvalue weighted by molar-refractivity contribution is 6.32. The lowest BCUT2D eigenvalue weighted by atomic mass is 10.2. The minimum Gasteiger partial charge on any atom is -0.494 e. The lowest BCUT2D eigenvalue weighted by molar-refractivity contribution is 0.102. The summed E-state index contributed by atoms with van der Waals surface area (Å²) in [4.78, 5) is 15.8. The van der Waals surface area contributed by atoms with Crippen molar-refractivity contribution in [2.45, 2.75) is 0 Å². The molecule has 0 aliphatic rings. The highest BCUT2D eigenvalue weighted by Crippen LogP contribution is 2.21. The molecule has 1 heterocycles. The van der Waals surface area contributed by atoms with Crippen LogP contribution in [0.5, 0.6) is 5.75 Å². The second-order valence-electron chi connectivity index (χ2n) is 3.65. The van der Waals surface area contributed by atoms with E-state index in [4.69, 9.17) is 16.3 Å². The average molecular weight is 281 g/mol. The van der Waals surface area contributed by atoms with E-state index < -0.39 is 11.7 Å². The maximum absolute atomic E-state index is 13.2. The summed E-state index contributed by atoms with van der Waals surface area (Å²) in [5.74, 6) is -0.948. The zero-order chi connectivity index (χ0) is 13.8. The van der Waals surface area contributed by atoms with Crippen LogP contribution < -0.4 is 10.1 Å². The Morgan fingerprint density at radius 1 is 1.42 bits per heavy atom. The molecule has 1 N–H and O–H groups in total. The van der Waals surface area contributed by atoms with Crippen molar-refractivity contribution in [2.24, 2.45) is 0 Å². The summed E-state index contributed by atoms with van der Waals surface area (Å²) in [5.41, 5.74) is 0.649. The maximum atomic E-state index is 13.2. The van der Waals surface area contributed by atoms with Crippen molar-refractivity contribution < 1.29 is 13.9 Å². The van der Waals surface area contributed by atoms with Crippen molar-refractivity contribution in [2.75, 3.05) is 12.4 Å². The van der Waals surface area contributed by atoms with Crippen LogP contribution in [0.25, 0.3) is 0 Å². The van der Waals surface area contributed by atoms with Crippen LogP contribution in [0.3, 0.4) is 0 Å². The Balaban J connectivity index is 2.23. The normalized spacial score (nSPS) is 10.1. The van der Waals surface area contributed by atoms with Crippen LogP contribution in [0.15, 0.2) is 36.5 Å². The summed E-state index contributed by atoms with van der Waals surface area (Å²) in [6.07, 6.45) is 1.51. The summed E-state index contributed by atoms with van der Waals surface area (Å²) < 4.78 is 18.1. The second kappa shape index (κ2) is 5.67. The van der Waals surface area contributed by atoms with Crippen molar-refractivity contribution in [3.63, 3.8) is 0 Å². The molecule has 0 saturated heterocycles. The average Bonchev–Trinajstić information content (AvgIpc) is 2.42. The predicted molar refractivity (Wildman–Crippen MR) is 70.2 cm³/mol. The van der Waals surface area contributed by atoms with E-state index in [2.05, 4.69) is 10.3 Å². The van der Waals surface area contributed by atoms with Gasteiger partial charge in [0.05, 0.1) is 12.8 Å². The molecule has 98 valence electrons. The third-order valence-corrected chi connectivity index (χ3v) is 2.72. The molecule has 0 unspecified atom stereocenters. The van der Waals surface area contributed by atoms with Crippen molar-refractivity contribution in [3.05, 3.63) is 53.1 Å². The van der Waals surface area contributed by atoms with Gasteiger partial charge in [-0.2, -0.15) is 0 Å². The molecular formula is C13H10ClFN2O2. The van der Waals surface area contributed by atoms with Gasteiger partial charge in [0.1, 0.15) is 0 Å². The molecule has 0 radical (unpaired) electrons. The summed E-state index contributed by atoms with van der Waals surface area (Å²) in [6, 6.07) is 7.10. The van der Waals surface area contributed by atoms with Gasteiger partial charge in [-0.05, 0) is 30.3 Å². The molecule has 0 saturated carbocycles. The fourth-order valence-electron chi connectivity index (χ4n) is 1.47. The Bertz CT molecular complexity index is 619. The van der Waals surface area contributed by atoms with Crippen LogP contribution in [-0.4, -0.2) is 18.0 Å². The van der Waals surface area contributed by atoms with Crippen LogP contribution in [0.4, 0.5) is 10.1 Å². The summed E-state index contributed by atoms with van der Waals surface area (Å²) >= 11 is 5.83. The predicted octanol–water partition coefficient (Wildman–Crippen LogP) is 3.14. The smallest absolute Gasteiger partial charge is 0.255 e. The van der Waals surface area contributed by atoms with E-state index in [1.54, 1.807) is 12.1 Å². The molecule has 0 fully saturated rings. The molecule has 2 aromatic rings. The summed E-state index contributed by atoms with van der Waals surface area (Å²) in [6.45, 7) is 0. The minimum atomic E-state index is -0.529. The fourth-order valence-corrected chi connectivity index (χ4v) is 1.64. The third-order valence-electron chi connectivity index (χ3n) is 2.42. The first-order valence-electron chi connectivity index (χ1n) is 5.37. The van der Waals surface area contributed by atoms with Gasteiger partial charge in [-0.1, -0.05) is 11.6 Å². The van der Waals surface area contributed by atoms with E-state index in [1.807, 2.05) is 0 Å². The van der Waals surface area contributed by atoms with Gasteiger partial charge in [-0.15, -0.1) is 0 Å². The Kier molecular flexibility index (Phi) is 3.97.